The fourth-order valence-electron chi connectivity index (χ4n) is 2.63. The van der Waals surface area contributed by atoms with Gasteiger partial charge in [-0.15, -0.1) is 0 Å². The van der Waals surface area contributed by atoms with Crippen LogP contribution in [0.1, 0.15) is 36.9 Å². The summed E-state index contributed by atoms with van der Waals surface area (Å²) in [6, 6.07) is -0.438. The molecule has 2 heterocycles. The van der Waals surface area contributed by atoms with Crippen LogP contribution in [0, 0.1) is 0 Å². The summed E-state index contributed by atoms with van der Waals surface area (Å²) in [6.45, 7) is -0.118. The normalized spacial score (nSPS) is 25.2. The van der Waals surface area contributed by atoms with Crippen LogP contribution < -0.4 is 0 Å². The first kappa shape index (κ1) is 13.9. The molecule has 1 aromatic heterocycles. The molecule has 1 aromatic rings. The van der Waals surface area contributed by atoms with Crippen molar-refractivity contribution in [2.75, 3.05) is 13.6 Å². The van der Waals surface area contributed by atoms with Crippen LogP contribution in [-0.4, -0.2) is 51.4 Å². The van der Waals surface area contributed by atoms with E-state index in [1.54, 1.807) is 0 Å². The molecule has 2 fully saturated rings. The number of urea groups is 1. The predicted octanol–water partition coefficient (Wildman–Crippen LogP) is 1.37. The number of likely N-dealkylation sites (N-methyl/N-ethyl adjacent to an activating group) is 1. The van der Waals surface area contributed by atoms with Crippen LogP contribution in [0.4, 0.5) is 13.6 Å². The minimum absolute atomic E-state index is 0.00861. The second-order valence-electron chi connectivity index (χ2n) is 5.46. The maximum absolute atomic E-state index is 13.2. The monoisotopic (exact) mass is 300 g/mol. The lowest BCUT2D eigenvalue weighted by Gasteiger charge is -2.10. The van der Waals surface area contributed by atoms with E-state index >= 15 is 0 Å². The molecule has 1 aliphatic heterocycles. The van der Waals surface area contributed by atoms with Crippen molar-refractivity contribution in [1.82, 2.24) is 19.9 Å². The van der Waals surface area contributed by atoms with Gasteiger partial charge in [-0.05, 0) is 6.42 Å². The van der Waals surface area contributed by atoms with Gasteiger partial charge in [0.15, 0.2) is 5.82 Å². The molecule has 2 aliphatic rings. The third kappa shape index (κ3) is 2.59. The Morgan fingerprint density at radius 1 is 1.43 bits per heavy atom. The number of amides is 3. The Balaban J connectivity index is 1.69. The molecule has 1 atom stereocenters. The molecule has 1 saturated heterocycles. The summed E-state index contributed by atoms with van der Waals surface area (Å²) in [4.78, 5) is 29.6. The predicted molar refractivity (Wildman–Crippen MR) is 64.4 cm³/mol. The van der Waals surface area contributed by atoms with E-state index in [9.17, 15) is 18.4 Å². The average molecular weight is 300 g/mol. The zero-order chi connectivity index (χ0) is 15.2. The third-order valence-electron chi connectivity index (χ3n) is 3.78. The average Bonchev–Trinajstić information content (AvgIpc) is 3.06. The summed E-state index contributed by atoms with van der Waals surface area (Å²) < 4.78 is 31.3. The van der Waals surface area contributed by atoms with E-state index in [0.717, 1.165) is 4.90 Å². The van der Waals surface area contributed by atoms with Crippen molar-refractivity contribution in [2.45, 2.75) is 37.6 Å². The SMILES string of the molecule is CN1CC(=O)N(Cc2nc(C3CCC(F)(F)C3)no2)C1=O. The van der Waals surface area contributed by atoms with E-state index in [0.29, 0.717) is 6.42 Å². The van der Waals surface area contributed by atoms with Crippen molar-refractivity contribution in [3.8, 4) is 0 Å². The maximum atomic E-state index is 13.2. The molecule has 114 valence electrons. The summed E-state index contributed by atoms with van der Waals surface area (Å²) in [6.07, 6.45) is -0.179. The van der Waals surface area contributed by atoms with Crippen molar-refractivity contribution in [1.29, 1.82) is 0 Å². The summed E-state index contributed by atoms with van der Waals surface area (Å²) in [5, 5.41) is 3.69. The molecule has 9 heteroatoms. The van der Waals surface area contributed by atoms with Crippen LogP contribution in [0.15, 0.2) is 4.52 Å². The molecule has 3 rings (SSSR count). The molecule has 0 aromatic carbocycles. The number of hydrogen-bond donors (Lipinski definition) is 0. The Hall–Kier alpha value is -2.06. The fourth-order valence-corrected chi connectivity index (χ4v) is 2.63. The first-order valence-electron chi connectivity index (χ1n) is 6.61. The third-order valence-corrected chi connectivity index (χ3v) is 3.78. The highest BCUT2D eigenvalue weighted by atomic mass is 19.3. The molecule has 7 nitrogen and oxygen atoms in total. The van der Waals surface area contributed by atoms with Crippen LogP contribution in [0.25, 0.3) is 0 Å². The molecule has 1 unspecified atom stereocenters. The Labute approximate surface area is 118 Å². The van der Waals surface area contributed by atoms with Gasteiger partial charge >= 0.3 is 6.03 Å². The number of alkyl halides is 2. The quantitative estimate of drug-likeness (QED) is 0.788. The lowest BCUT2D eigenvalue weighted by Crippen LogP contribution is -2.31. The highest BCUT2D eigenvalue weighted by molar-refractivity contribution is 6.01. The van der Waals surface area contributed by atoms with E-state index < -0.39 is 17.9 Å². The topological polar surface area (TPSA) is 79.5 Å². The molecule has 21 heavy (non-hydrogen) atoms. The van der Waals surface area contributed by atoms with Crippen LogP contribution in [0.3, 0.4) is 0 Å². The number of nitrogens with zero attached hydrogens (tertiary/aromatic N) is 4. The molecular formula is C12H14F2N4O3. The zero-order valence-corrected chi connectivity index (χ0v) is 11.4. The number of imide groups is 1. The van der Waals surface area contributed by atoms with Crippen LogP contribution >= 0.6 is 0 Å². The molecule has 3 amide bonds. The maximum Gasteiger partial charge on any atom is 0.327 e. The Bertz CT molecular complexity index is 589. The van der Waals surface area contributed by atoms with E-state index in [1.807, 2.05) is 0 Å². The lowest BCUT2D eigenvalue weighted by molar-refractivity contribution is -0.125. The van der Waals surface area contributed by atoms with Crippen molar-refractivity contribution < 1.29 is 22.9 Å². The Morgan fingerprint density at radius 3 is 2.76 bits per heavy atom. The Morgan fingerprint density at radius 2 is 2.19 bits per heavy atom. The molecule has 1 saturated carbocycles. The smallest absolute Gasteiger partial charge is 0.327 e. The summed E-state index contributed by atoms with van der Waals surface area (Å²) >= 11 is 0. The lowest BCUT2D eigenvalue weighted by atomic mass is 10.1. The van der Waals surface area contributed by atoms with Gasteiger partial charge in [-0.2, -0.15) is 4.98 Å². The standard InChI is InChI=1S/C12H14F2N4O3/c1-17-6-9(19)18(11(17)20)5-8-15-10(16-21-8)7-2-3-12(13,14)4-7/h7H,2-6H2,1H3. The number of halogens is 2. The van der Waals surface area contributed by atoms with Gasteiger partial charge in [0.25, 0.3) is 5.91 Å². The first-order valence-corrected chi connectivity index (χ1v) is 6.61. The first-order chi connectivity index (χ1) is 9.85. The van der Waals surface area contributed by atoms with Crippen molar-refractivity contribution in [3.63, 3.8) is 0 Å². The Kier molecular flexibility index (Phi) is 3.14. The molecule has 0 bridgehead atoms. The van der Waals surface area contributed by atoms with Gasteiger partial charge in [0, 0.05) is 25.8 Å². The molecular weight excluding hydrogens is 286 g/mol. The van der Waals surface area contributed by atoms with Crippen LogP contribution in [0.2, 0.25) is 0 Å². The summed E-state index contributed by atoms with van der Waals surface area (Å²) in [7, 11) is 1.51. The highest BCUT2D eigenvalue weighted by Gasteiger charge is 2.42. The summed E-state index contributed by atoms with van der Waals surface area (Å²) in [5.41, 5.74) is 0. The second-order valence-corrected chi connectivity index (χ2v) is 5.46. The minimum atomic E-state index is -2.69. The number of carbonyl (C=O) groups excluding carboxylic acids is 2. The van der Waals surface area contributed by atoms with Gasteiger partial charge in [0.2, 0.25) is 11.8 Å². The van der Waals surface area contributed by atoms with E-state index in [4.69, 9.17) is 4.52 Å². The van der Waals surface area contributed by atoms with E-state index in [2.05, 4.69) is 10.1 Å². The molecule has 0 N–H and O–H groups in total. The van der Waals surface area contributed by atoms with Crippen molar-refractivity contribution in [2.24, 2.45) is 0 Å². The zero-order valence-electron chi connectivity index (χ0n) is 11.4. The number of carbonyl (C=O) groups is 2. The highest BCUT2D eigenvalue weighted by Crippen LogP contribution is 2.43. The summed E-state index contributed by atoms with van der Waals surface area (Å²) in [5.74, 6) is -3.18. The van der Waals surface area contributed by atoms with Gasteiger partial charge in [0.05, 0.1) is 0 Å². The van der Waals surface area contributed by atoms with Crippen LogP contribution in [-0.2, 0) is 11.3 Å². The molecule has 1 aliphatic carbocycles. The van der Waals surface area contributed by atoms with Gasteiger partial charge in [-0.3, -0.25) is 9.69 Å². The van der Waals surface area contributed by atoms with Gasteiger partial charge in [0.1, 0.15) is 13.1 Å². The van der Waals surface area contributed by atoms with Crippen LogP contribution in [0.5, 0.6) is 0 Å². The van der Waals surface area contributed by atoms with Gasteiger partial charge < -0.3 is 9.42 Å². The molecule has 0 spiro atoms. The largest absolute Gasteiger partial charge is 0.337 e. The number of rotatable bonds is 3. The fraction of sp³-hybridized carbons (Fsp3) is 0.667. The van der Waals surface area contributed by atoms with Crippen molar-refractivity contribution in [3.05, 3.63) is 11.7 Å². The second kappa shape index (κ2) is 4.74. The van der Waals surface area contributed by atoms with Gasteiger partial charge in [-0.25, -0.2) is 13.6 Å². The van der Waals surface area contributed by atoms with E-state index in [1.165, 1.54) is 11.9 Å². The van der Waals surface area contributed by atoms with Crippen molar-refractivity contribution >= 4 is 11.9 Å². The molecule has 0 radical (unpaired) electrons. The number of aromatic nitrogens is 2. The minimum Gasteiger partial charge on any atom is -0.337 e. The van der Waals surface area contributed by atoms with Gasteiger partial charge in [-0.1, -0.05) is 5.16 Å². The van der Waals surface area contributed by atoms with E-state index in [-0.39, 0.29) is 43.6 Å². The number of hydrogen-bond acceptors (Lipinski definition) is 5.